The Morgan fingerprint density at radius 2 is 2.00 bits per heavy atom. The van der Waals surface area contributed by atoms with Crippen molar-refractivity contribution in [1.29, 1.82) is 5.26 Å². The van der Waals surface area contributed by atoms with Crippen LogP contribution in [0.2, 0.25) is 0 Å². The van der Waals surface area contributed by atoms with Gasteiger partial charge in [-0.1, -0.05) is 23.8 Å². The lowest BCUT2D eigenvalue weighted by Gasteiger charge is -2.11. The fourth-order valence-electron chi connectivity index (χ4n) is 2.34. The fourth-order valence-corrected chi connectivity index (χ4v) is 3.38. The number of sulfonamides is 1. The first-order valence-electron chi connectivity index (χ1n) is 7.94. The van der Waals surface area contributed by atoms with Gasteiger partial charge in [0.2, 0.25) is 0 Å². The molecule has 0 aliphatic rings. The lowest BCUT2D eigenvalue weighted by atomic mass is 10.1. The molecule has 0 atom stereocenters. The molecule has 0 saturated heterocycles. The molecular formula is C19H20N2O4S. The summed E-state index contributed by atoms with van der Waals surface area (Å²) in [5.41, 5.74) is 2.61. The molecule has 2 N–H and O–H groups in total. The van der Waals surface area contributed by atoms with Crippen molar-refractivity contribution in [2.24, 2.45) is 0 Å². The third-order valence-electron chi connectivity index (χ3n) is 3.61. The Labute approximate surface area is 153 Å². The van der Waals surface area contributed by atoms with Gasteiger partial charge in [-0.3, -0.25) is 4.72 Å². The Bertz CT molecular complexity index is 989. The van der Waals surface area contributed by atoms with Crippen molar-refractivity contribution < 1.29 is 18.3 Å². The minimum absolute atomic E-state index is 0.0567. The SMILES string of the molecule is CCOc1cc(/C=C(/C#N)S(=O)(=O)Nc2ccc(C)cc2C)ccc1O. The largest absolute Gasteiger partial charge is 0.504 e. The topological polar surface area (TPSA) is 99.4 Å². The second-order valence-corrected chi connectivity index (χ2v) is 7.36. The maximum atomic E-state index is 12.6. The highest BCUT2D eigenvalue weighted by molar-refractivity contribution is 7.97. The van der Waals surface area contributed by atoms with Gasteiger partial charge in [0.25, 0.3) is 10.0 Å². The third-order valence-corrected chi connectivity index (χ3v) is 4.88. The van der Waals surface area contributed by atoms with E-state index in [2.05, 4.69) is 4.72 Å². The number of allylic oxidation sites excluding steroid dienone is 1. The lowest BCUT2D eigenvalue weighted by molar-refractivity contribution is 0.318. The van der Waals surface area contributed by atoms with E-state index in [4.69, 9.17) is 4.74 Å². The Kier molecular flexibility index (Phi) is 5.90. The highest BCUT2D eigenvalue weighted by Gasteiger charge is 2.19. The number of rotatable bonds is 6. The number of aromatic hydroxyl groups is 1. The monoisotopic (exact) mass is 372 g/mol. The molecule has 0 amide bonds. The first-order chi connectivity index (χ1) is 12.3. The highest BCUT2D eigenvalue weighted by atomic mass is 32.2. The second-order valence-electron chi connectivity index (χ2n) is 5.70. The maximum absolute atomic E-state index is 12.6. The standard InChI is InChI=1S/C19H20N2O4S/c1-4-25-19-11-15(6-8-18(19)22)10-16(12-20)26(23,24)21-17-7-5-13(2)9-14(17)3/h5-11,21-22H,4H2,1-3H3/b16-10-. The van der Waals surface area contributed by atoms with Crippen LogP contribution in [-0.2, 0) is 10.0 Å². The molecule has 2 aromatic carbocycles. The summed E-state index contributed by atoms with van der Waals surface area (Å²) < 4.78 is 32.8. The van der Waals surface area contributed by atoms with Crippen LogP contribution in [0.25, 0.3) is 6.08 Å². The van der Waals surface area contributed by atoms with E-state index in [1.165, 1.54) is 24.3 Å². The van der Waals surface area contributed by atoms with Gasteiger partial charge >= 0.3 is 0 Å². The molecule has 0 saturated carbocycles. The molecule has 0 radical (unpaired) electrons. The highest BCUT2D eigenvalue weighted by Crippen LogP contribution is 2.28. The van der Waals surface area contributed by atoms with Crippen LogP contribution in [-0.4, -0.2) is 20.1 Å². The minimum Gasteiger partial charge on any atom is -0.504 e. The summed E-state index contributed by atoms with van der Waals surface area (Å²) in [6.07, 6.45) is 1.23. The zero-order valence-electron chi connectivity index (χ0n) is 14.8. The van der Waals surface area contributed by atoms with Crippen LogP contribution < -0.4 is 9.46 Å². The minimum atomic E-state index is -4.05. The Morgan fingerprint density at radius 3 is 2.62 bits per heavy atom. The van der Waals surface area contributed by atoms with E-state index in [0.717, 1.165) is 11.1 Å². The van der Waals surface area contributed by atoms with E-state index < -0.39 is 14.9 Å². The van der Waals surface area contributed by atoms with Gasteiger partial charge in [-0.2, -0.15) is 5.26 Å². The van der Waals surface area contributed by atoms with Gasteiger partial charge < -0.3 is 9.84 Å². The number of hydrogen-bond acceptors (Lipinski definition) is 5. The summed E-state index contributed by atoms with van der Waals surface area (Å²) in [5, 5.41) is 19.0. The van der Waals surface area contributed by atoms with Gasteiger partial charge in [-0.15, -0.1) is 0 Å². The quantitative estimate of drug-likeness (QED) is 0.753. The lowest BCUT2D eigenvalue weighted by Crippen LogP contribution is -2.15. The number of hydrogen-bond donors (Lipinski definition) is 2. The molecule has 7 heteroatoms. The molecule has 0 aromatic heterocycles. The molecule has 6 nitrogen and oxygen atoms in total. The molecule has 26 heavy (non-hydrogen) atoms. The molecule has 0 bridgehead atoms. The van der Waals surface area contributed by atoms with Crippen LogP contribution in [0.4, 0.5) is 5.69 Å². The van der Waals surface area contributed by atoms with E-state index in [1.54, 1.807) is 32.0 Å². The van der Waals surface area contributed by atoms with Crippen molar-refractivity contribution in [1.82, 2.24) is 0 Å². The molecule has 0 aliphatic carbocycles. The van der Waals surface area contributed by atoms with Crippen molar-refractivity contribution in [2.45, 2.75) is 20.8 Å². The molecule has 136 valence electrons. The number of aryl methyl sites for hydroxylation is 2. The summed E-state index contributed by atoms with van der Waals surface area (Å²) in [6.45, 7) is 5.81. The maximum Gasteiger partial charge on any atom is 0.272 e. The van der Waals surface area contributed by atoms with Gasteiger partial charge in [0.15, 0.2) is 16.4 Å². The Morgan fingerprint density at radius 1 is 1.27 bits per heavy atom. The predicted molar refractivity (Wildman–Crippen MR) is 101 cm³/mol. The summed E-state index contributed by atoms with van der Waals surface area (Å²) >= 11 is 0. The molecule has 2 aromatic rings. The van der Waals surface area contributed by atoms with E-state index in [1.807, 2.05) is 13.0 Å². The predicted octanol–water partition coefficient (Wildman–Crippen LogP) is 3.71. The number of nitrogens with zero attached hydrogens (tertiary/aromatic N) is 1. The van der Waals surface area contributed by atoms with Crippen molar-refractivity contribution in [3.8, 4) is 17.6 Å². The molecule has 2 rings (SSSR count). The average molecular weight is 372 g/mol. The second kappa shape index (κ2) is 7.93. The number of nitrogens with one attached hydrogen (secondary N) is 1. The number of anilines is 1. The third kappa shape index (κ3) is 4.55. The van der Waals surface area contributed by atoms with E-state index in [-0.39, 0.29) is 11.5 Å². The molecule has 0 unspecified atom stereocenters. The number of phenolic OH excluding ortho intramolecular Hbond substituents is 1. The molecule has 0 aliphatic heterocycles. The Balaban J connectivity index is 2.38. The molecular weight excluding hydrogens is 352 g/mol. The van der Waals surface area contributed by atoms with Gasteiger partial charge in [0, 0.05) is 0 Å². The summed E-state index contributed by atoms with van der Waals surface area (Å²) in [5.74, 6) is 0.164. The smallest absolute Gasteiger partial charge is 0.272 e. The van der Waals surface area contributed by atoms with Gasteiger partial charge in [0.05, 0.1) is 12.3 Å². The number of benzene rings is 2. The fraction of sp³-hybridized carbons (Fsp3) is 0.211. The molecule has 0 heterocycles. The molecule has 0 spiro atoms. The van der Waals surface area contributed by atoms with Crippen LogP contribution in [0.1, 0.15) is 23.6 Å². The first-order valence-corrected chi connectivity index (χ1v) is 9.43. The van der Waals surface area contributed by atoms with E-state index in [9.17, 15) is 18.8 Å². The zero-order chi connectivity index (χ0) is 19.3. The van der Waals surface area contributed by atoms with E-state index >= 15 is 0 Å². The molecule has 0 fully saturated rings. The van der Waals surface area contributed by atoms with Crippen LogP contribution >= 0.6 is 0 Å². The number of phenols is 1. The number of ether oxygens (including phenoxy) is 1. The van der Waals surface area contributed by atoms with Crippen molar-refractivity contribution in [2.75, 3.05) is 11.3 Å². The van der Waals surface area contributed by atoms with E-state index in [0.29, 0.717) is 17.9 Å². The van der Waals surface area contributed by atoms with Crippen LogP contribution in [0.15, 0.2) is 41.3 Å². The average Bonchev–Trinajstić information content (AvgIpc) is 2.58. The van der Waals surface area contributed by atoms with Gasteiger partial charge in [-0.25, -0.2) is 8.42 Å². The van der Waals surface area contributed by atoms with Crippen LogP contribution in [0, 0.1) is 25.2 Å². The summed E-state index contributed by atoms with van der Waals surface area (Å²) in [7, 11) is -4.05. The number of nitriles is 1. The van der Waals surface area contributed by atoms with Crippen LogP contribution in [0.5, 0.6) is 11.5 Å². The normalized spacial score (nSPS) is 11.7. The Hall–Kier alpha value is -2.98. The van der Waals surface area contributed by atoms with Crippen molar-refractivity contribution >= 4 is 21.8 Å². The van der Waals surface area contributed by atoms with Crippen molar-refractivity contribution in [3.63, 3.8) is 0 Å². The zero-order valence-corrected chi connectivity index (χ0v) is 15.6. The van der Waals surface area contributed by atoms with Gasteiger partial charge in [0.1, 0.15) is 6.07 Å². The summed E-state index contributed by atoms with van der Waals surface area (Å²) in [6, 6.07) is 11.4. The van der Waals surface area contributed by atoms with Crippen LogP contribution in [0.3, 0.4) is 0 Å². The van der Waals surface area contributed by atoms with Crippen molar-refractivity contribution in [3.05, 3.63) is 58.0 Å². The summed E-state index contributed by atoms with van der Waals surface area (Å²) in [4.78, 5) is -0.439. The first kappa shape index (κ1) is 19.3. The van der Waals surface area contributed by atoms with Gasteiger partial charge in [-0.05, 0) is 56.2 Å².